The minimum atomic E-state index is -0.0474. The zero-order chi connectivity index (χ0) is 13.9. The Morgan fingerprint density at radius 2 is 2.20 bits per heavy atom. The second-order valence-electron chi connectivity index (χ2n) is 5.15. The van der Waals surface area contributed by atoms with E-state index >= 15 is 0 Å². The van der Waals surface area contributed by atoms with E-state index in [9.17, 15) is 4.79 Å². The summed E-state index contributed by atoms with van der Waals surface area (Å²) in [6, 6.07) is 9.97. The van der Waals surface area contributed by atoms with E-state index in [1.807, 2.05) is 30.5 Å². The highest BCUT2D eigenvalue weighted by Gasteiger charge is 2.27. The fourth-order valence-electron chi connectivity index (χ4n) is 2.85. The third-order valence-corrected chi connectivity index (χ3v) is 3.92. The largest absolute Gasteiger partial charge is 0.497 e. The molecule has 0 bridgehead atoms. The Labute approximate surface area is 118 Å². The first-order chi connectivity index (χ1) is 9.78. The van der Waals surface area contributed by atoms with Gasteiger partial charge in [-0.05, 0) is 47.7 Å². The Morgan fingerprint density at radius 1 is 1.30 bits per heavy atom. The lowest BCUT2D eigenvalue weighted by atomic mass is 9.79. The van der Waals surface area contributed by atoms with E-state index in [0.717, 1.165) is 29.7 Å². The van der Waals surface area contributed by atoms with Crippen LogP contribution in [0.15, 0.2) is 42.7 Å². The lowest BCUT2D eigenvalue weighted by Crippen LogP contribution is -2.22. The van der Waals surface area contributed by atoms with Crippen LogP contribution in [0, 0.1) is 0 Å². The molecule has 1 aromatic carbocycles. The molecule has 3 heteroatoms. The topological polar surface area (TPSA) is 39.2 Å². The summed E-state index contributed by atoms with van der Waals surface area (Å²) in [5.74, 6) is 1.14. The molecule has 3 nitrogen and oxygen atoms in total. The van der Waals surface area contributed by atoms with Crippen molar-refractivity contribution < 1.29 is 9.53 Å². The van der Waals surface area contributed by atoms with Gasteiger partial charge in [0.05, 0.1) is 7.11 Å². The smallest absolute Gasteiger partial charge is 0.141 e. The van der Waals surface area contributed by atoms with Gasteiger partial charge in [0.15, 0.2) is 0 Å². The molecule has 20 heavy (non-hydrogen) atoms. The van der Waals surface area contributed by atoms with Gasteiger partial charge in [-0.1, -0.05) is 12.1 Å². The van der Waals surface area contributed by atoms with Crippen molar-refractivity contribution in [1.82, 2.24) is 4.98 Å². The van der Waals surface area contributed by atoms with Gasteiger partial charge in [-0.3, -0.25) is 9.78 Å². The molecule has 1 heterocycles. The molecule has 0 N–H and O–H groups in total. The van der Waals surface area contributed by atoms with E-state index in [1.165, 1.54) is 5.56 Å². The van der Waals surface area contributed by atoms with Gasteiger partial charge in [0, 0.05) is 24.7 Å². The molecule has 0 fully saturated rings. The summed E-state index contributed by atoms with van der Waals surface area (Å²) < 4.78 is 5.27. The molecular formula is C17H17NO2. The number of ketones is 1. The third kappa shape index (κ3) is 2.44. The van der Waals surface area contributed by atoms with Crippen LogP contribution in [0.1, 0.15) is 29.0 Å². The third-order valence-electron chi connectivity index (χ3n) is 3.92. The second-order valence-corrected chi connectivity index (χ2v) is 5.15. The second kappa shape index (κ2) is 5.45. The highest BCUT2D eigenvalue weighted by molar-refractivity contribution is 5.88. The molecule has 1 atom stereocenters. The monoisotopic (exact) mass is 267 g/mol. The van der Waals surface area contributed by atoms with Crippen LogP contribution in [0.5, 0.6) is 5.75 Å². The highest BCUT2D eigenvalue weighted by Crippen LogP contribution is 2.33. The molecule has 2 aromatic rings. The maximum absolute atomic E-state index is 12.3. The number of aromatic nitrogens is 1. The van der Waals surface area contributed by atoms with E-state index in [0.29, 0.717) is 12.2 Å². The first-order valence-corrected chi connectivity index (χ1v) is 6.86. The number of benzene rings is 1. The van der Waals surface area contributed by atoms with Crippen LogP contribution in [0.25, 0.3) is 0 Å². The normalized spacial score (nSPS) is 17.6. The number of hydrogen-bond acceptors (Lipinski definition) is 3. The van der Waals surface area contributed by atoms with E-state index in [2.05, 4.69) is 11.1 Å². The minimum Gasteiger partial charge on any atom is -0.497 e. The fraction of sp³-hybridized carbons (Fsp3) is 0.294. The molecule has 0 spiro atoms. The number of pyridine rings is 1. The lowest BCUT2D eigenvalue weighted by molar-refractivity contribution is -0.120. The van der Waals surface area contributed by atoms with Crippen molar-refractivity contribution in [2.24, 2.45) is 0 Å². The Morgan fingerprint density at radius 3 is 2.95 bits per heavy atom. The SMILES string of the molecule is COc1ccc2c(c1)CCC(=O)[C@H]2Cc1cccnc1. The van der Waals surface area contributed by atoms with Gasteiger partial charge in [-0.15, -0.1) is 0 Å². The van der Waals surface area contributed by atoms with E-state index in [-0.39, 0.29) is 5.92 Å². The average molecular weight is 267 g/mol. The predicted molar refractivity (Wildman–Crippen MR) is 77.0 cm³/mol. The van der Waals surface area contributed by atoms with Crippen LogP contribution >= 0.6 is 0 Å². The van der Waals surface area contributed by atoms with Gasteiger partial charge >= 0.3 is 0 Å². The van der Waals surface area contributed by atoms with Gasteiger partial charge in [0.25, 0.3) is 0 Å². The number of rotatable bonds is 3. The molecule has 1 aliphatic carbocycles. The number of methoxy groups -OCH3 is 1. The number of carbonyl (C=O) groups excluding carboxylic acids is 1. The van der Waals surface area contributed by atoms with Gasteiger partial charge in [-0.2, -0.15) is 0 Å². The molecule has 102 valence electrons. The number of Topliss-reactive ketones (excluding diaryl/α,β-unsaturated/α-hetero) is 1. The Bertz CT molecular complexity index is 622. The Hall–Kier alpha value is -2.16. The molecule has 0 saturated heterocycles. The first-order valence-electron chi connectivity index (χ1n) is 6.86. The van der Waals surface area contributed by atoms with E-state index in [4.69, 9.17) is 4.74 Å². The summed E-state index contributed by atoms with van der Waals surface area (Å²) in [5, 5.41) is 0. The van der Waals surface area contributed by atoms with Crippen LogP contribution in [-0.2, 0) is 17.6 Å². The quantitative estimate of drug-likeness (QED) is 0.858. The summed E-state index contributed by atoms with van der Waals surface area (Å²) in [6.45, 7) is 0. The molecule has 0 saturated carbocycles. The molecule has 3 rings (SSSR count). The maximum Gasteiger partial charge on any atom is 0.141 e. The van der Waals surface area contributed by atoms with Crippen molar-refractivity contribution in [2.45, 2.75) is 25.2 Å². The van der Waals surface area contributed by atoms with E-state index in [1.54, 1.807) is 13.3 Å². The zero-order valence-corrected chi connectivity index (χ0v) is 11.5. The summed E-state index contributed by atoms with van der Waals surface area (Å²) in [7, 11) is 1.67. The molecule has 0 radical (unpaired) electrons. The molecule has 0 aliphatic heterocycles. The lowest BCUT2D eigenvalue weighted by Gasteiger charge is -2.25. The van der Waals surface area contributed by atoms with Crippen LogP contribution in [-0.4, -0.2) is 17.9 Å². The number of aryl methyl sites for hydroxylation is 1. The number of carbonyl (C=O) groups is 1. The minimum absolute atomic E-state index is 0.0474. The molecule has 1 aromatic heterocycles. The maximum atomic E-state index is 12.3. The van der Waals surface area contributed by atoms with Crippen LogP contribution in [0.4, 0.5) is 0 Å². The number of fused-ring (bicyclic) bond motifs is 1. The Kier molecular flexibility index (Phi) is 3.50. The summed E-state index contributed by atoms with van der Waals surface area (Å²) in [6.07, 6.45) is 5.75. The van der Waals surface area contributed by atoms with Gasteiger partial charge in [0.1, 0.15) is 11.5 Å². The predicted octanol–water partition coefficient (Wildman–Crippen LogP) is 2.93. The average Bonchev–Trinajstić information content (AvgIpc) is 2.50. The molecule has 0 amide bonds. The highest BCUT2D eigenvalue weighted by atomic mass is 16.5. The van der Waals surface area contributed by atoms with Crippen molar-refractivity contribution in [1.29, 1.82) is 0 Å². The van der Waals surface area contributed by atoms with Gasteiger partial charge in [0.2, 0.25) is 0 Å². The van der Waals surface area contributed by atoms with Crippen LogP contribution in [0.3, 0.4) is 0 Å². The summed E-state index contributed by atoms with van der Waals surface area (Å²) in [5.41, 5.74) is 3.48. The summed E-state index contributed by atoms with van der Waals surface area (Å²) in [4.78, 5) is 16.4. The van der Waals surface area contributed by atoms with Crippen molar-refractivity contribution >= 4 is 5.78 Å². The number of ether oxygens (including phenoxy) is 1. The van der Waals surface area contributed by atoms with Crippen LogP contribution < -0.4 is 4.74 Å². The van der Waals surface area contributed by atoms with Crippen molar-refractivity contribution in [3.05, 3.63) is 59.4 Å². The van der Waals surface area contributed by atoms with Crippen LogP contribution in [0.2, 0.25) is 0 Å². The van der Waals surface area contributed by atoms with E-state index < -0.39 is 0 Å². The molecule has 1 aliphatic rings. The molecular weight excluding hydrogens is 250 g/mol. The number of nitrogens with zero attached hydrogens (tertiary/aromatic N) is 1. The van der Waals surface area contributed by atoms with Crippen molar-refractivity contribution in [3.63, 3.8) is 0 Å². The zero-order valence-electron chi connectivity index (χ0n) is 11.5. The standard InChI is InChI=1S/C17H17NO2/c1-20-14-5-6-15-13(10-14)4-7-17(19)16(15)9-12-3-2-8-18-11-12/h2-3,5-6,8,10-11,16H,4,7,9H2,1H3/t16-/m0/s1. The van der Waals surface area contributed by atoms with Crippen molar-refractivity contribution in [2.75, 3.05) is 7.11 Å². The van der Waals surface area contributed by atoms with Gasteiger partial charge in [-0.25, -0.2) is 0 Å². The molecule has 0 unspecified atom stereocenters. The fourth-order valence-corrected chi connectivity index (χ4v) is 2.85. The van der Waals surface area contributed by atoms with Gasteiger partial charge < -0.3 is 4.74 Å². The summed E-state index contributed by atoms with van der Waals surface area (Å²) >= 11 is 0. The number of hydrogen-bond donors (Lipinski definition) is 0. The first kappa shape index (κ1) is 12.9. The Balaban J connectivity index is 1.93. The van der Waals surface area contributed by atoms with Crippen molar-refractivity contribution in [3.8, 4) is 5.75 Å².